The second kappa shape index (κ2) is 8.19. The Morgan fingerprint density at radius 3 is 2.63 bits per heavy atom. The van der Waals surface area contributed by atoms with E-state index < -0.39 is 12.6 Å². The third-order valence-electron chi connectivity index (χ3n) is 8.27. The number of benzene rings is 1. The van der Waals surface area contributed by atoms with Crippen LogP contribution in [0.3, 0.4) is 0 Å². The monoisotopic (exact) mass is 496 g/mol. The molecule has 0 amide bonds. The summed E-state index contributed by atoms with van der Waals surface area (Å²) >= 11 is 1.11. The fourth-order valence-corrected chi connectivity index (χ4v) is 7.32. The minimum Gasteiger partial charge on any atom is -0.355 e. The van der Waals surface area contributed by atoms with Crippen molar-refractivity contribution in [1.29, 1.82) is 5.26 Å². The summed E-state index contributed by atoms with van der Waals surface area (Å²) in [6.45, 7) is 1.79. The average Bonchev–Trinajstić information content (AvgIpc) is 3.13. The maximum Gasteiger partial charge on any atom is 0.393 e. The maximum absolute atomic E-state index is 12.9. The lowest BCUT2D eigenvalue weighted by Crippen LogP contribution is -2.26. The van der Waals surface area contributed by atoms with Gasteiger partial charge in [0.15, 0.2) is 0 Å². The molecular formula is C27H27F3N4S. The molecule has 1 aliphatic heterocycles. The van der Waals surface area contributed by atoms with Crippen LogP contribution >= 0.6 is 11.3 Å². The zero-order chi connectivity index (χ0) is 24.3. The SMILES string of the molecule is N#CC1(c2ccc(CC3CCC4(CCN(c5ncnc6sc(CC(F)(F)F)cc56)C4)C3)cc2)CC1. The molecule has 4 nitrogen and oxygen atoms in total. The molecule has 3 heterocycles. The maximum atomic E-state index is 12.9. The number of aromatic nitrogens is 2. The van der Waals surface area contributed by atoms with E-state index in [1.807, 2.05) is 0 Å². The Morgan fingerprint density at radius 2 is 1.91 bits per heavy atom. The number of nitriles is 1. The molecule has 3 aromatic rings. The van der Waals surface area contributed by atoms with Crippen LogP contribution < -0.4 is 4.90 Å². The van der Waals surface area contributed by atoms with Crippen LogP contribution in [0.2, 0.25) is 0 Å². The van der Waals surface area contributed by atoms with Crippen LogP contribution in [0.4, 0.5) is 19.0 Å². The van der Waals surface area contributed by atoms with Gasteiger partial charge >= 0.3 is 6.18 Å². The van der Waals surface area contributed by atoms with Crippen LogP contribution in [0, 0.1) is 22.7 Å². The van der Waals surface area contributed by atoms with Crippen molar-refractivity contribution in [2.75, 3.05) is 18.0 Å². The lowest BCUT2D eigenvalue weighted by atomic mass is 9.83. The highest BCUT2D eigenvalue weighted by atomic mass is 32.1. The number of thiophene rings is 1. The molecule has 6 rings (SSSR count). The Bertz CT molecular complexity index is 1290. The first kappa shape index (κ1) is 22.8. The largest absolute Gasteiger partial charge is 0.393 e. The third-order valence-corrected chi connectivity index (χ3v) is 9.31. The molecule has 182 valence electrons. The van der Waals surface area contributed by atoms with Crippen LogP contribution in [0.5, 0.6) is 0 Å². The lowest BCUT2D eigenvalue weighted by Gasteiger charge is -2.25. The second-order valence-corrected chi connectivity index (χ2v) is 11.9. The number of hydrogen-bond acceptors (Lipinski definition) is 5. The predicted octanol–water partition coefficient (Wildman–Crippen LogP) is 6.59. The Hall–Kier alpha value is -2.66. The summed E-state index contributed by atoms with van der Waals surface area (Å²) in [5.74, 6) is 1.42. The normalized spacial score (nSPS) is 25.4. The first-order chi connectivity index (χ1) is 16.8. The van der Waals surface area contributed by atoms with Crippen molar-refractivity contribution < 1.29 is 13.2 Å². The van der Waals surface area contributed by atoms with Gasteiger partial charge in [0.2, 0.25) is 0 Å². The molecule has 0 bridgehead atoms. The van der Waals surface area contributed by atoms with Crippen molar-refractivity contribution in [1.82, 2.24) is 9.97 Å². The van der Waals surface area contributed by atoms with Crippen LogP contribution in [-0.2, 0) is 18.3 Å². The first-order valence-corrected chi connectivity index (χ1v) is 13.1. The van der Waals surface area contributed by atoms with Gasteiger partial charge in [-0.3, -0.25) is 0 Å². The Kier molecular flexibility index (Phi) is 5.33. The van der Waals surface area contributed by atoms with E-state index >= 15 is 0 Å². The number of alkyl halides is 3. The summed E-state index contributed by atoms with van der Waals surface area (Å²) in [6, 6.07) is 12.8. The average molecular weight is 497 g/mol. The molecule has 0 N–H and O–H groups in total. The summed E-state index contributed by atoms with van der Waals surface area (Å²) in [4.78, 5) is 11.9. The molecule has 1 spiro atoms. The summed E-state index contributed by atoms with van der Waals surface area (Å²) in [5, 5.41) is 10.2. The fraction of sp³-hybridized carbons (Fsp3) is 0.519. The third kappa shape index (κ3) is 4.40. The van der Waals surface area contributed by atoms with Crippen molar-refractivity contribution >= 4 is 27.4 Å². The van der Waals surface area contributed by atoms with Gasteiger partial charge in [-0.15, -0.1) is 11.3 Å². The van der Waals surface area contributed by atoms with Gasteiger partial charge in [-0.1, -0.05) is 24.3 Å². The van der Waals surface area contributed by atoms with E-state index in [2.05, 4.69) is 45.2 Å². The zero-order valence-electron chi connectivity index (χ0n) is 19.4. The van der Waals surface area contributed by atoms with Gasteiger partial charge in [0.05, 0.1) is 23.3 Å². The molecule has 2 aromatic heterocycles. The number of nitrogens with zero attached hydrogens (tertiary/aromatic N) is 4. The number of hydrogen-bond donors (Lipinski definition) is 0. The smallest absolute Gasteiger partial charge is 0.355 e. The zero-order valence-corrected chi connectivity index (χ0v) is 20.3. The minimum absolute atomic E-state index is 0.231. The van der Waals surface area contributed by atoms with Crippen molar-refractivity contribution in [3.05, 3.63) is 52.7 Å². The van der Waals surface area contributed by atoms with Crippen LogP contribution in [-0.4, -0.2) is 29.2 Å². The summed E-state index contributed by atoms with van der Waals surface area (Å²) in [7, 11) is 0. The molecule has 1 saturated heterocycles. The summed E-state index contributed by atoms with van der Waals surface area (Å²) in [6.07, 6.45) is 3.99. The van der Waals surface area contributed by atoms with Gasteiger partial charge in [0.1, 0.15) is 17.0 Å². The highest BCUT2D eigenvalue weighted by Gasteiger charge is 2.46. The van der Waals surface area contributed by atoms with Gasteiger partial charge in [-0.05, 0) is 73.5 Å². The molecule has 35 heavy (non-hydrogen) atoms. The van der Waals surface area contributed by atoms with E-state index in [-0.39, 0.29) is 15.7 Å². The van der Waals surface area contributed by atoms with Gasteiger partial charge < -0.3 is 4.90 Å². The standard InChI is InChI=1S/C27H27F3N4S/c28-27(29,30)14-21-12-22-23(32-17-33-24(22)35-21)34-10-9-25(16-34)6-5-19(13-25)11-18-1-3-20(4-2-18)26(15-31)7-8-26/h1-4,12,17,19H,5-11,13-14,16H2. The summed E-state index contributed by atoms with van der Waals surface area (Å²) < 4.78 is 38.7. The quantitative estimate of drug-likeness (QED) is 0.400. The Labute approximate surface area is 206 Å². The van der Waals surface area contributed by atoms with Crippen molar-refractivity contribution in [2.24, 2.45) is 11.3 Å². The molecule has 3 aliphatic rings. The van der Waals surface area contributed by atoms with Crippen LogP contribution in [0.1, 0.15) is 54.5 Å². The van der Waals surface area contributed by atoms with Crippen molar-refractivity contribution in [3.8, 4) is 6.07 Å². The van der Waals surface area contributed by atoms with Crippen LogP contribution in [0.15, 0.2) is 36.7 Å². The molecule has 8 heteroatoms. The van der Waals surface area contributed by atoms with Gasteiger partial charge in [0.25, 0.3) is 0 Å². The highest BCUT2D eigenvalue weighted by Crippen LogP contribution is 2.51. The van der Waals surface area contributed by atoms with E-state index in [1.165, 1.54) is 31.2 Å². The number of anilines is 1. The topological polar surface area (TPSA) is 52.8 Å². The molecule has 2 atom stereocenters. The predicted molar refractivity (Wildman–Crippen MR) is 130 cm³/mol. The second-order valence-electron chi connectivity index (χ2n) is 10.8. The van der Waals surface area contributed by atoms with Gasteiger partial charge in [-0.25, -0.2) is 9.97 Å². The van der Waals surface area contributed by atoms with E-state index in [9.17, 15) is 18.4 Å². The van der Waals surface area contributed by atoms with E-state index in [1.54, 1.807) is 6.07 Å². The van der Waals surface area contributed by atoms with Crippen LogP contribution in [0.25, 0.3) is 10.2 Å². The Morgan fingerprint density at radius 1 is 1.11 bits per heavy atom. The van der Waals surface area contributed by atoms with E-state index in [0.717, 1.165) is 66.9 Å². The first-order valence-electron chi connectivity index (χ1n) is 12.3. The van der Waals surface area contributed by atoms with Gasteiger partial charge in [0, 0.05) is 18.0 Å². The number of fused-ring (bicyclic) bond motifs is 1. The number of halogens is 3. The molecule has 1 aromatic carbocycles. The molecule has 3 fully saturated rings. The molecule has 2 unspecified atom stereocenters. The lowest BCUT2D eigenvalue weighted by molar-refractivity contribution is -0.126. The van der Waals surface area contributed by atoms with Gasteiger partial charge in [-0.2, -0.15) is 18.4 Å². The van der Waals surface area contributed by atoms with Crippen molar-refractivity contribution in [3.63, 3.8) is 0 Å². The summed E-state index contributed by atoms with van der Waals surface area (Å²) in [5.41, 5.74) is 2.52. The highest BCUT2D eigenvalue weighted by molar-refractivity contribution is 7.18. The fourth-order valence-electron chi connectivity index (χ4n) is 6.30. The minimum atomic E-state index is -4.22. The molecule has 2 aliphatic carbocycles. The van der Waals surface area contributed by atoms with E-state index in [4.69, 9.17) is 0 Å². The number of rotatable bonds is 5. The molecule has 0 radical (unpaired) electrons. The Balaban J connectivity index is 1.13. The van der Waals surface area contributed by atoms with Crippen molar-refractivity contribution in [2.45, 2.75) is 63.0 Å². The molecule has 2 saturated carbocycles. The molecular weight excluding hydrogens is 469 g/mol. The van der Waals surface area contributed by atoms with E-state index in [0.29, 0.717) is 10.7 Å².